The molecule has 152 valence electrons. The predicted molar refractivity (Wildman–Crippen MR) is 124 cm³/mol. The minimum atomic E-state index is -0.149. The minimum absolute atomic E-state index is 0.0333. The molecule has 0 saturated carbocycles. The van der Waals surface area contributed by atoms with E-state index in [4.69, 9.17) is 0 Å². The molecule has 0 saturated heterocycles. The highest BCUT2D eigenvalue weighted by atomic mass is 32.1. The van der Waals surface area contributed by atoms with E-state index in [1.165, 1.54) is 16.9 Å². The summed E-state index contributed by atoms with van der Waals surface area (Å²) in [6.45, 7) is 2.18. The average molecular weight is 434 g/mol. The Morgan fingerprint density at radius 3 is 2.67 bits per heavy atom. The molecule has 3 heterocycles. The molecule has 1 unspecified atom stereocenters. The van der Waals surface area contributed by atoms with Gasteiger partial charge in [0.15, 0.2) is 0 Å². The lowest BCUT2D eigenvalue weighted by Crippen LogP contribution is -2.30. The van der Waals surface area contributed by atoms with E-state index in [2.05, 4.69) is 52.5 Å². The number of carbonyl (C=O) groups excluding carboxylic acids is 1. The molecule has 0 radical (unpaired) electrons. The van der Waals surface area contributed by atoms with Crippen molar-refractivity contribution in [1.29, 1.82) is 0 Å². The maximum atomic E-state index is 12.9. The van der Waals surface area contributed by atoms with Crippen molar-refractivity contribution in [2.24, 2.45) is 0 Å². The summed E-state index contributed by atoms with van der Waals surface area (Å²) >= 11 is 3.19. The second-order valence-electron chi connectivity index (χ2n) is 7.07. The molecule has 6 heteroatoms. The van der Waals surface area contributed by atoms with Crippen LogP contribution in [-0.4, -0.2) is 15.9 Å². The molecule has 0 aliphatic carbocycles. The van der Waals surface area contributed by atoms with Crippen molar-refractivity contribution in [3.8, 4) is 10.6 Å². The predicted octanol–water partition coefficient (Wildman–Crippen LogP) is 5.67. The topological polar surface area (TPSA) is 54.9 Å². The Kier molecular flexibility index (Phi) is 6.67. The van der Waals surface area contributed by atoms with Crippen molar-refractivity contribution >= 4 is 28.6 Å². The third-order valence-corrected chi connectivity index (χ3v) is 6.66. The number of carbonyl (C=O) groups is 1. The minimum Gasteiger partial charge on any atom is -0.344 e. The van der Waals surface area contributed by atoms with Crippen molar-refractivity contribution in [1.82, 2.24) is 15.3 Å². The second-order valence-corrected chi connectivity index (χ2v) is 8.91. The number of thiazole rings is 1. The first-order valence-corrected chi connectivity index (χ1v) is 11.7. The van der Waals surface area contributed by atoms with Crippen LogP contribution in [0.25, 0.3) is 10.6 Å². The first-order chi connectivity index (χ1) is 14.7. The van der Waals surface area contributed by atoms with Crippen LogP contribution in [0.4, 0.5) is 0 Å². The fourth-order valence-electron chi connectivity index (χ4n) is 3.33. The molecule has 30 heavy (non-hydrogen) atoms. The summed E-state index contributed by atoms with van der Waals surface area (Å²) in [5, 5.41) is 8.08. The number of pyridine rings is 1. The summed E-state index contributed by atoms with van der Waals surface area (Å²) < 4.78 is 0. The number of hydrogen-bond donors (Lipinski definition) is 1. The lowest BCUT2D eigenvalue weighted by Gasteiger charge is -2.18. The zero-order valence-corrected chi connectivity index (χ0v) is 18.4. The van der Waals surface area contributed by atoms with Crippen molar-refractivity contribution < 1.29 is 4.79 Å². The lowest BCUT2D eigenvalue weighted by atomic mass is 10.0. The van der Waals surface area contributed by atoms with E-state index < -0.39 is 0 Å². The first kappa shape index (κ1) is 20.4. The van der Waals surface area contributed by atoms with Crippen molar-refractivity contribution in [2.75, 3.05) is 0 Å². The van der Waals surface area contributed by atoms with Crippen LogP contribution >= 0.6 is 22.7 Å². The summed E-state index contributed by atoms with van der Waals surface area (Å²) in [7, 11) is 0. The van der Waals surface area contributed by atoms with Gasteiger partial charge < -0.3 is 5.32 Å². The summed E-state index contributed by atoms with van der Waals surface area (Å²) in [5.41, 5.74) is 4.17. The average Bonchev–Trinajstić information content (AvgIpc) is 3.46. The van der Waals surface area contributed by atoms with Gasteiger partial charge in [0.05, 0.1) is 18.2 Å². The Bertz CT molecular complexity index is 1070. The molecular formula is C24H23N3OS2. The molecular weight excluding hydrogens is 410 g/mol. The molecule has 0 fully saturated rings. The third-order valence-electron chi connectivity index (χ3n) is 4.79. The highest BCUT2D eigenvalue weighted by Gasteiger charge is 2.19. The third kappa shape index (κ3) is 5.01. The smallest absolute Gasteiger partial charge is 0.226 e. The summed E-state index contributed by atoms with van der Waals surface area (Å²) in [5.74, 6) is -0.0333. The molecule has 0 aliphatic rings. The molecule has 1 amide bonds. The Morgan fingerprint density at radius 1 is 1.10 bits per heavy atom. The summed E-state index contributed by atoms with van der Waals surface area (Å²) in [4.78, 5) is 22.7. The number of nitrogens with one attached hydrogen (secondary N) is 1. The Morgan fingerprint density at radius 2 is 1.97 bits per heavy atom. The first-order valence-electron chi connectivity index (χ1n) is 9.99. The fourth-order valence-corrected chi connectivity index (χ4v) is 4.94. The van der Waals surface area contributed by atoms with Crippen LogP contribution < -0.4 is 5.32 Å². The van der Waals surface area contributed by atoms with E-state index in [0.717, 1.165) is 39.5 Å². The number of hydrogen-bond acceptors (Lipinski definition) is 5. The van der Waals surface area contributed by atoms with Crippen molar-refractivity contribution in [2.45, 2.75) is 32.2 Å². The van der Waals surface area contributed by atoms with E-state index in [1.807, 2.05) is 29.0 Å². The molecule has 1 N–H and O–H groups in total. The number of aromatic nitrogens is 2. The number of aryl methyl sites for hydroxylation is 1. The van der Waals surface area contributed by atoms with Crippen LogP contribution in [-0.2, 0) is 17.6 Å². The van der Waals surface area contributed by atoms with E-state index in [0.29, 0.717) is 0 Å². The number of thiophene rings is 1. The Balaban J connectivity index is 1.48. The molecule has 0 spiro atoms. The van der Waals surface area contributed by atoms with Gasteiger partial charge in [0.2, 0.25) is 5.91 Å². The summed E-state index contributed by atoms with van der Waals surface area (Å²) in [6, 6.07) is 16.4. The molecule has 0 bridgehead atoms. The fraction of sp³-hybridized carbons (Fsp3) is 0.208. The highest BCUT2D eigenvalue weighted by molar-refractivity contribution is 7.13. The quantitative estimate of drug-likeness (QED) is 0.390. The number of rotatable bonds is 8. The number of benzene rings is 1. The largest absolute Gasteiger partial charge is 0.344 e. The van der Waals surface area contributed by atoms with Crippen LogP contribution in [0.15, 0.2) is 71.7 Å². The maximum absolute atomic E-state index is 12.9. The van der Waals surface area contributed by atoms with E-state index in [-0.39, 0.29) is 18.4 Å². The highest BCUT2D eigenvalue weighted by Crippen LogP contribution is 2.27. The van der Waals surface area contributed by atoms with Crippen LogP contribution in [0.2, 0.25) is 0 Å². The van der Waals surface area contributed by atoms with Gasteiger partial charge in [-0.05, 0) is 41.1 Å². The van der Waals surface area contributed by atoms with Crippen molar-refractivity contribution in [3.63, 3.8) is 0 Å². The van der Waals surface area contributed by atoms with Crippen molar-refractivity contribution in [3.05, 3.63) is 93.4 Å². The number of amides is 1. The zero-order chi connectivity index (χ0) is 20.8. The maximum Gasteiger partial charge on any atom is 0.226 e. The zero-order valence-electron chi connectivity index (χ0n) is 16.7. The SMILES string of the molecule is CCCc1ccc(C(NC(=O)Cc2csc(-c3cccnc3)n2)c2cccs2)cc1. The standard InChI is InChI=1S/C24H23N3OS2/c1-2-5-17-8-10-18(11-9-17)23(21-7-4-13-29-21)27-22(28)14-20-16-30-24(26-20)19-6-3-12-25-15-19/h3-4,6-13,15-16,23H,2,5,14H2,1H3,(H,27,28). The Labute approximate surface area is 184 Å². The molecule has 0 aliphatic heterocycles. The monoisotopic (exact) mass is 433 g/mol. The van der Waals surface area contributed by atoms with E-state index in [1.54, 1.807) is 23.7 Å². The van der Waals surface area contributed by atoms with Gasteiger partial charge >= 0.3 is 0 Å². The molecule has 4 aromatic rings. The van der Waals surface area contributed by atoms with Crippen LogP contribution in [0.5, 0.6) is 0 Å². The lowest BCUT2D eigenvalue weighted by molar-refractivity contribution is -0.120. The van der Waals surface area contributed by atoms with Crippen LogP contribution in [0.3, 0.4) is 0 Å². The van der Waals surface area contributed by atoms with Gasteiger partial charge in [-0.1, -0.05) is 43.7 Å². The molecule has 1 atom stereocenters. The van der Waals surface area contributed by atoms with Gasteiger partial charge in [0.25, 0.3) is 0 Å². The normalized spacial score (nSPS) is 11.9. The summed E-state index contributed by atoms with van der Waals surface area (Å²) in [6.07, 6.45) is 5.98. The van der Waals surface area contributed by atoms with Gasteiger partial charge in [-0.15, -0.1) is 22.7 Å². The van der Waals surface area contributed by atoms with Crippen LogP contribution in [0, 0.1) is 0 Å². The molecule has 4 nitrogen and oxygen atoms in total. The molecule has 4 rings (SSSR count). The van der Waals surface area contributed by atoms with Gasteiger partial charge in [-0.3, -0.25) is 9.78 Å². The van der Waals surface area contributed by atoms with Gasteiger partial charge in [-0.25, -0.2) is 4.98 Å². The van der Waals surface area contributed by atoms with Gasteiger partial charge in [0.1, 0.15) is 5.01 Å². The van der Waals surface area contributed by atoms with E-state index >= 15 is 0 Å². The molecule has 1 aromatic carbocycles. The molecule has 3 aromatic heterocycles. The second kappa shape index (κ2) is 9.78. The van der Waals surface area contributed by atoms with Crippen LogP contribution in [0.1, 0.15) is 41.1 Å². The number of nitrogens with zero attached hydrogens (tertiary/aromatic N) is 2. The Hall–Kier alpha value is -2.83. The van der Waals surface area contributed by atoms with Gasteiger partial charge in [0, 0.05) is 28.2 Å². The van der Waals surface area contributed by atoms with E-state index in [9.17, 15) is 4.79 Å². The van der Waals surface area contributed by atoms with Gasteiger partial charge in [-0.2, -0.15) is 0 Å².